The molecule has 0 saturated heterocycles. The molecule has 2 rings (SSSR count). The Morgan fingerprint density at radius 3 is 3.21 bits per heavy atom. The van der Waals surface area contributed by atoms with Crippen LogP contribution in [0.15, 0.2) is 22.8 Å². The number of alkyl halides is 1. The minimum atomic E-state index is 0.713. The van der Waals surface area contributed by atoms with Crippen molar-refractivity contribution in [2.75, 3.05) is 11.6 Å². The average Bonchev–Trinajstić information content (AvgIpc) is 2.67. The molecule has 0 amide bonds. The molecule has 0 aromatic carbocycles. The fraction of sp³-hybridized carbons (Fsp3) is 0.333. The van der Waals surface area contributed by atoms with Crippen LogP contribution in [0.5, 0.6) is 0 Å². The van der Waals surface area contributed by atoms with E-state index in [0.29, 0.717) is 5.88 Å². The maximum Gasteiger partial charge on any atom is 0.127 e. The summed E-state index contributed by atoms with van der Waals surface area (Å²) in [6.07, 6.45) is 2.64. The van der Waals surface area contributed by atoms with Crippen molar-refractivity contribution in [1.29, 1.82) is 0 Å². The van der Waals surface area contributed by atoms with E-state index < -0.39 is 0 Å². The number of fused-ring (bicyclic) bond motifs is 1. The summed E-state index contributed by atoms with van der Waals surface area (Å²) in [5.41, 5.74) is 0. The van der Waals surface area contributed by atoms with Crippen LogP contribution in [0.3, 0.4) is 0 Å². The molecule has 0 radical (unpaired) electrons. The molecule has 2 heterocycles. The van der Waals surface area contributed by atoms with Gasteiger partial charge in [0.15, 0.2) is 0 Å². The normalized spacial score (nSPS) is 10.9. The van der Waals surface area contributed by atoms with Crippen molar-refractivity contribution in [3.8, 4) is 0 Å². The van der Waals surface area contributed by atoms with E-state index in [2.05, 4.69) is 16.0 Å². The Morgan fingerprint density at radius 1 is 1.43 bits per heavy atom. The van der Waals surface area contributed by atoms with E-state index in [-0.39, 0.29) is 0 Å². The lowest BCUT2D eigenvalue weighted by Crippen LogP contribution is -1.86. The van der Waals surface area contributed by atoms with Crippen molar-refractivity contribution < 1.29 is 0 Å². The van der Waals surface area contributed by atoms with Crippen LogP contribution in [-0.4, -0.2) is 21.6 Å². The van der Waals surface area contributed by atoms with Crippen LogP contribution in [0, 0.1) is 0 Å². The van der Waals surface area contributed by atoms with E-state index in [9.17, 15) is 0 Å². The quantitative estimate of drug-likeness (QED) is 0.357. The first kappa shape index (κ1) is 10.2. The molecule has 2 aromatic rings. The summed E-state index contributed by atoms with van der Waals surface area (Å²) >= 11 is 9.02. The Bertz CT molecular complexity index is 416. The number of thiophene rings is 1. The lowest BCUT2D eigenvalue weighted by Gasteiger charge is -1.99. The van der Waals surface area contributed by atoms with Crippen molar-refractivity contribution in [1.82, 2.24) is 9.97 Å². The predicted octanol–water partition coefficient (Wildman–Crippen LogP) is 3.41. The van der Waals surface area contributed by atoms with E-state index in [1.54, 1.807) is 29.4 Å². The van der Waals surface area contributed by atoms with Crippen molar-refractivity contribution in [2.45, 2.75) is 11.4 Å². The smallest absolute Gasteiger partial charge is 0.127 e. The standard InChI is InChI=1S/C9H9ClN2S2/c10-3-1-4-13-8-7-2-5-14-9(7)12-6-11-8/h2,5-6H,1,3-4H2. The number of aromatic nitrogens is 2. The van der Waals surface area contributed by atoms with E-state index in [1.165, 1.54) is 0 Å². The van der Waals surface area contributed by atoms with Crippen LogP contribution < -0.4 is 0 Å². The number of rotatable bonds is 4. The maximum atomic E-state index is 5.62. The largest absolute Gasteiger partial charge is 0.229 e. The van der Waals surface area contributed by atoms with Gasteiger partial charge in [0.05, 0.1) is 0 Å². The third-order valence-corrected chi connectivity index (χ3v) is 3.92. The maximum absolute atomic E-state index is 5.62. The lowest BCUT2D eigenvalue weighted by atomic mass is 10.4. The van der Waals surface area contributed by atoms with Gasteiger partial charge >= 0.3 is 0 Å². The molecule has 0 aliphatic carbocycles. The fourth-order valence-electron chi connectivity index (χ4n) is 1.11. The van der Waals surface area contributed by atoms with E-state index in [1.807, 2.05) is 5.38 Å². The molecule has 0 bridgehead atoms. The molecule has 5 heteroatoms. The molecule has 14 heavy (non-hydrogen) atoms. The summed E-state index contributed by atoms with van der Waals surface area (Å²) in [7, 11) is 0. The highest BCUT2D eigenvalue weighted by atomic mass is 35.5. The number of hydrogen-bond donors (Lipinski definition) is 0. The Hall–Kier alpha value is -0.320. The summed E-state index contributed by atoms with van der Waals surface area (Å²) in [6.45, 7) is 0. The molecule has 2 aromatic heterocycles. The van der Waals surface area contributed by atoms with Crippen molar-refractivity contribution in [3.63, 3.8) is 0 Å². The Balaban J connectivity index is 2.19. The van der Waals surface area contributed by atoms with Gasteiger partial charge in [-0.2, -0.15) is 0 Å². The minimum Gasteiger partial charge on any atom is -0.229 e. The predicted molar refractivity (Wildman–Crippen MR) is 63.5 cm³/mol. The lowest BCUT2D eigenvalue weighted by molar-refractivity contribution is 1.08. The fourth-order valence-corrected chi connectivity index (χ4v) is 3.12. The molecule has 74 valence electrons. The molecular weight excluding hydrogens is 236 g/mol. The number of hydrogen-bond acceptors (Lipinski definition) is 4. The van der Waals surface area contributed by atoms with Gasteiger partial charge in [-0.15, -0.1) is 34.7 Å². The third-order valence-electron chi connectivity index (χ3n) is 1.74. The van der Waals surface area contributed by atoms with Gasteiger partial charge in [0.2, 0.25) is 0 Å². The third kappa shape index (κ3) is 2.19. The number of thioether (sulfide) groups is 1. The molecule has 0 aliphatic rings. The molecule has 0 aliphatic heterocycles. The number of halogens is 1. The van der Waals surface area contributed by atoms with Crippen LogP contribution in [0.1, 0.15) is 6.42 Å². The minimum absolute atomic E-state index is 0.713. The summed E-state index contributed by atoms with van der Waals surface area (Å²) < 4.78 is 0. The molecular formula is C9H9ClN2S2. The average molecular weight is 245 g/mol. The van der Waals surface area contributed by atoms with Crippen LogP contribution in [0.25, 0.3) is 10.2 Å². The van der Waals surface area contributed by atoms with Crippen LogP contribution in [0.2, 0.25) is 0 Å². The summed E-state index contributed by atoms with van der Waals surface area (Å²) in [5.74, 6) is 1.73. The molecule has 0 unspecified atom stereocenters. The van der Waals surface area contributed by atoms with Crippen molar-refractivity contribution in [2.24, 2.45) is 0 Å². The van der Waals surface area contributed by atoms with Gasteiger partial charge in [-0.3, -0.25) is 0 Å². The Morgan fingerprint density at radius 2 is 2.36 bits per heavy atom. The molecule has 0 saturated carbocycles. The van der Waals surface area contributed by atoms with Gasteiger partial charge in [-0.05, 0) is 17.9 Å². The van der Waals surface area contributed by atoms with Crippen LogP contribution in [-0.2, 0) is 0 Å². The summed E-state index contributed by atoms with van der Waals surface area (Å²) in [4.78, 5) is 9.53. The summed E-state index contributed by atoms with van der Waals surface area (Å²) in [6, 6.07) is 2.07. The van der Waals surface area contributed by atoms with Crippen molar-refractivity contribution in [3.05, 3.63) is 17.8 Å². The highest BCUT2D eigenvalue weighted by Crippen LogP contribution is 2.27. The van der Waals surface area contributed by atoms with E-state index in [0.717, 1.165) is 27.4 Å². The van der Waals surface area contributed by atoms with Gasteiger partial charge in [0.1, 0.15) is 16.2 Å². The van der Waals surface area contributed by atoms with Gasteiger partial charge < -0.3 is 0 Å². The zero-order chi connectivity index (χ0) is 9.80. The first-order chi connectivity index (χ1) is 6.92. The number of nitrogens with zero attached hydrogens (tertiary/aromatic N) is 2. The first-order valence-electron chi connectivity index (χ1n) is 4.29. The highest BCUT2D eigenvalue weighted by Gasteiger charge is 2.04. The van der Waals surface area contributed by atoms with Crippen LogP contribution in [0.4, 0.5) is 0 Å². The van der Waals surface area contributed by atoms with E-state index in [4.69, 9.17) is 11.6 Å². The topological polar surface area (TPSA) is 25.8 Å². The highest BCUT2D eigenvalue weighted by molar-refractivity contribution is 7.99. The Labute approximate surface area is 95.7 Å². The molecule has 0 atom stereocenters. The second kappa shape index (κ2) is 4.96. The molecule has 2 nitrogen and oxygen atoms in total. The van der Waals surface area contributed by atoms with Crippen LogP contribution >= 0.6 is 34.7 Å². The van der Waals surface area contributed by atoms with Crippen molar-refractivity contribution >= 4 is 44.9 Å². The van der Waals surface area contributed by atoms with Gasteiger partial charge in [0.25, 0.3) is 0 Å². The van der Waals surface area contributed by atoms with E-state index >= 15 is 0 Å². The first-order valence-corrected chi connectivity index (χ1v) is 6.69. The zero-order valence-electron chi connectivity index (χ0n) is 7.44. The SMILES string of the molecule is ClCCCSc1ncnc2sccc12. The zero-order valence-corrected chi connectivity index (χ0v) is 9.83. The van der Waals surface area contributed by atoms with Gasteiger partial charge in [0, 0.05) is 17.0 Å². The van der Waals surface area contributed by atoms with Gasteiger partial charge in [-0.1, -0.05) is 0 Å². The second-order valence-electron chi connectivity index (χ2n) is 2.71. The monoisotopic (exact) mass is 244 g/mol. The molecule has 0 spiro atoms. The second-order valence-corrected chi connectivity index (χ2v) is 5.07. The summed E-state index contributed by atoms with van der Waals surface area (Å²) in [5, 5.41) is 4.28. The Kier molecular flexibility index (Phi) is 3.61. The molecule has 0 fully saturated rings. The van der Waals surface area contributed by atoms with Gasteiger partial charge in [-0.25, -0.2) is 9.97 Å². The molecule has 0 N–H and O–H groups in total.